The third-order valence-corrected chi connectivity index (χ3v) is 2.36. The molecular weight excluding hydrogens is 162 g/mol. The summed E-state index contributed by atoms with van der Waals surface area (Å²) in [6.07, 6.45) is -2.31. The lowest BCUT2D eigenvalue weighted by Gasteiger charge is -2.33. The van der Waals surface area contributed by atoms with Crippen LogP contribution in [0.2, 0.25) is 0 Å². The lowest BCUT2D eigenvalue weighted by atomic mass is 9.88. The van der Waals surface area contributed by atoms with Crippen LogP contribution in [0.25, 0.3) is 0 Å². The van der Waals surface area contributed by atoms with E-state index in [1.807, 2.05) is 20.8 Å². The first-order valence-electron chi connectivity index (χ1n) is 4.15. The Labute approximate surface area is 72.5 Å². The molecule has 1 atom stereocenters. The fourth-order valence-corrected chi connectivity index (χ4v) is 0.822. The van der Waals surface area contributed by atoms with Gasteiger partial charge in [0.15, 0.2) is 0 Å². The molecule has 1 unspecified atom stereocenters. The van der Waals surface area contributed by atoms with Crippen LogP contribution in [0.4, 0.5) is 8.78 Å². The van der Waals surface area contributed by atoms with Gasteiger partial charge in [0.2, 0.25) is 0 Å². The Hall–Kier alpha value is -0.220. The van der Waals surface area contributed by atoms with E-state index in [2.05, 4.69) is 5.32 Å². The maximum absolute atomic E-state index is 11.9. The fraction of sp³-hybridized carbons (Fsp3) is 1.00. The van der Waals surface area contributed by atoms with E-state index in [0.29, 0.717) is 6.54 Å². The van der Waals surface area contributed by atoms with Gasteiger partial charge in [-0.05, 0) is 12.8 Å². The van der Waals surface area contributed by atoms with Crippen molar-refractivity contribution in [3.8, 4) is 0 Å². The highest BCUT2D eigenvalue weighted by atomic mass is 19.3. The van der Waals surface area contributed by atoms with Crippen LogP contribution in [0.5, 0.6) is 0 Å². The van der Waals surface area contributed by atoms with Gasteiger partial charge in [0.25, 0.3) is 6.43 Å². The molecule has 0 aliphatic carbocycles. The van der Waals surface area contributed by atoms with Crippen LogP contribution in [0.1, 0.15) is 20.8 Å². The summed E-state index contributed by atoms with van der Waals surface area (Å²) in [5.41, 5.74) is 5.11. The van der Waals surface area contributed by atoms with Gasteiger partial charge in [-0.3, -0.25) is 0 Å². The summed E-state index contributed by atoms with van der Waals surface area (Å²) in [6, 6.07) is 0. The molecule has 0 aromatic heterocycles. The molecule has 0 heterocycles. The van der Waals surface area contributed by atoms with Gasteiger partial charge in [-0.25, -0.2) is 8.78 Å². The van der Waals surface area contributed by atoms with E-state index in [0.717, 1.165) is 0 Å². The molecule has 0 radical (unpaired) electrons. The zero-order valence-electron chi connectivity index (χ0n) is 7.90. The van der Waals surface area contributed by atoms with Gasteiger partial charge in [-0.15, -0.1) is 0 Å². The van der Waals surface area contributed by atoms with E-state index in [4.69, 9.17) is 5.73 Å². The second-order valence-corrected chi connectivity index (χ2v) is 3.55. The zero-order valence-corrected chi connectivity index (χ0v) is 7.90. The lowest BCUT2D eigenvalue weighted by molar-refractivity contribution is 0.123. The maximum atomic E-state index is 11.9. The lowest BCUT2D eigenvalue weighted by Crippen LogP contribution is -2.53. The molecule has 0 rings (SSSR count). The van der Waals surface area contributed by atoms with Crippen molar-refractivity contribution in [2.75, 3.05) is 13.1 Å². The van der Waals surface area contributed by atoms with E-state index >= 15 is 0 Å². The highest BCUT2D eigenvalue weighted by molar-refractivity contribution is 4.87. The van der Waals surface area contributed by atoms with E-state index in [1.165, 1.54) is 0 Å². The molecule has 0 aromatic rings. The summed E-state index contributed by atoms with van der Waals surface area (Å²) >= 11 is 0. The largest absolute Gasteiger partial charge is 0.329 e. The Kier molecular flexibility index (Phi) is 4.63. The molecule has 0 fully saturated rings. The molecule has 2 nitrogen and oxygen atoms in total. The van der Waals surface area contributed by atoms with Crippen LogP contribution >= 0.6 is 0 Å². The van der Waals surface area contributed by atoms with Gasteiger partial charge in [-0.2, -0.15) is 0 Å². The molecule has 0 amide bonds. The smallest absolute Gasteiger partial charge is 0.250 e. The van der Waals surface area contributed by atoms with Gasteiger partial charge in [0, 0.05) is 12.1 Å². The minimum Gasteiger partial charge on any atom is -0.329 e. The topological polar surface area (TPSA) is 38.0 Å². The molecule has 12 heavy (non-hydrogen) atoms. The second kappa shape index (κ2) is 4.72. The van der Waals surface area contributed by atoms with Crippen LogP contribution in [-0.4, -0.2) is 25.1 Å². The maximum Gasteiger partial charge on any atom is 0.250 e. The highest BCUT2D eigenvalue weighted by Gasteiger charge is 2.26. The molecule has 0 saturated heterocycles. The van der Waals surface area contributed by atoms with Crippen LogP contribution in [0.15, 0.2) is 0 Å². The minimum absolute atomic E-state index is 0.251. The van der Waals surface area contributed by atoms with Gasteiger partial charge >= 0.3 is 0 Å². The molecule has 4 heteroatoms. The molecule has 0 bridgehead atoms. The fourth-order valence-electron chi connectivity index (χ4n) is 0.822. The van der Waals surface area contributed by atoms with Gasteiger partial charge < -0.3 is 11.1 Å². The van der Waals surface area contributed by atoms with Crippen LogP contribution in [-0.2, 0) is 0 Å². The van der Waals surface area contributed by atoms with E-state index < -0.39 is 6.43 Å². The predicted molar refractivity (Wildman–Crippen MR) is 46.3 cm³/mol. The highest BCUT2D eigenvalue weighted by Crippen LogP contribution is 2.14. The first-order chi connectivity index (χ1) is 5.42. The van der Waals surface area contributed by atoms with Gasteiger partial charge in [0.05, 0.1) is 6.54 Å². The SMILES string of the molecule is CC(C)C(C)(CN)NCC(F)F. The van der Waals surface area contributed by atoms with Crippen LogP contribution in [0, 0.1) is 5.92 Å². The summed E-state index contributed by atoms with van der Waals surface area (Å²) in [5, 5.41) is 2.77. The van der Waals surface area contributed by atoms with Crippen molar-refractivity contribution in [1.82, 2.24) is 5.32 Å². The van der Waals surface area contributed by atoms with Crippen molar-refractivity contribution in [2.24, 2.45) is 11.7 Å². The van der Waals surface area contributed by atoms with Crippen molar-refractivity contribution < 1.29 is 8.78 Å². The molecule has 74 valence electrons. The van der Waals surface area contributed by atoms with Crippen molar-refractivity contribution in [3.05, 3.63) is 0 Å². The molecule has 3 N–H and O–H groups in total. The molecule has 0 saturated carbocycles. The summed E-state index contributed by atoms with van der Waals surface area (Å²) in [7, 11) is 0. The Morgan fingerprint density at radius 1 is 1.42 bits per heavy atom. The van der Waals surface area contributed by atoms with Gasteiger partial charge in [-0.1, -0.05) is 13.8 Å². The van der Waals surface area contributed by atoms with Crippen molar-refractivity contribution >= 4 is 0 Å². The number of alkyl halides is 2. The Balaban J connectivity index is 3.97. The van der Waals surface area contributed by atoms with Crippen molar-refractivity contribution in [3.63, 3.8) is 0 Å². The Bertz CT molecular complexity index is 128. The number of rotatable bonds is 5. The monoisotopic (exact) mass is 180 g/mol. The van der Waals surface area contributed by atoms with E-state index in [-0.39, 0.29) is 18.0 Å². The molecule has 0 aromatic carbocycles. The Morgan fingerprint density at radius 2 is 1.92 bits per heavy atom. The standard InChI is InChI=1S/C8H18F2N2/c1-6(2)8(3,5-11)12-4-7(9)10/h6-7,12H,4-5,11H2,1-3H3. The quantitative estimate of drug-likeness (QED) is 0.667. The molecule has 0 aliphatic rings. The van der Waals surface area contributed by atoms with Crippen LogP contribution < -0.4 is 11.1 Å². The first kappa shape index (κ1) is 11.8. The average molecular weight is 180 g/mol. The average Bonchev–Trinajstić information content (AvgIpc) is 1.99. The number of nitrogens with one attached hydrogen (secondary N) is 1. The van der Waals surface area contributed by atoms with E-state index in [1.54, 1.807) is 0 Å². The summed E-state index contributed by atoms with van der Waals surface area (Å²) < 4.78 is 23.7. The molecule has 0 spiro atoms. The van der Waals surface area contributed by atoms with Crippen LogP contribution in [0.3, 0.4) is 0 Å². The number of hydrogen-bond donors (Lipinski definition) is 2. The third-order valence-electron chi connectivity index (χ3n) is 2.36. The number of nitrogens with two attached hydrogens (primary N) is 1. The third kappa shape index (κ3) is 3.45. The van der Waals surface area contributed by atoms with E-state index in [9.17, 15) is 8.78 Å². The minimum atomic E-state index is -2.31. The Morgan fingerprint density at radius 3 is 2.17 bits per heavy atom. The zero-order chi connectivity index (χ0) is 9.78. The summed E-state index contributed by atoms with van der Waals surface area (Å²) in [6.45, 7) is 5.87. The second-order valence-electron chi connectivity index (χ2n) is 3.55. The first-order valence-corrected chi connectivity index (χ1v) is 4.15. The molecular formula is C8H18F2N2. The normalized spacial score (nSPS) is 17.0. The van der Waals surface area contributed by atoms with Crippen molar-refractivity contribution in [2.45, 2.75) is 32.7 Å². The summed E-state index contributed by atoms with van der Waals surface area (Å²) in [4.78, 5) is 0. The summed E-state index contributed by atoms with van der Waals surface area (Å²) in [5.74, 6) is 0.251. The number of hydrogen-bond acceptors (Lipinski definition) is 2. The van der Waals surface area contributed by atoms with Crippen molar-refractivity contribution in [1.29, 1.82) is 0 Å². The molecule has 0 aliphatic heterocycles. The van der Waals surface area contributed by atoms with Gasteiger partial charge in [0.1, 0.15) is 0 Å². The predicted octanol–water partition coefficient (Wildman–Crippen LogP) is 1.21. The number of halogens is 2.